The maximum Gasteiger partial charge on any atom is 0.264 e. The maximum atomic E-state index is 14.3. The topological polar surface area (TPSA) is 96.0 Å². The number of amides is 2. The number of aryl methyl sites for hydroxylation is 1. The second-order valence-electron chi connectivity index (χ2n) is 10.9. The van der Waals surface area contributed by atoms with E-state index >= 15 is 0 Å². The van der Waals surface area contributed by atoms with Crippen molar-refractivity contribution in [3.63, 3.8) is 0 Å². The molecule has 236 valence electrons. The van der Waals surface area contributed by atoms with Crippen molar-refractivity contribution in [1.82, 2.24) is 10.2 Å². The highest BCUT2D eigenvalue weighted by Crippen LogP contribution is 2.30. The number of hydrogen-bond donors (Lipinski definition) is 1. The number of anilines is 1. The molecule has 44 heavy (non-hydrogen) atoms. The van der Waals surface area contributed by atoms with E-state index in [4.69, 9.17) is 27.9 Å². The first-order valence-electron chi connectivity index (χ1n) is 14.9. The molecule has 0 heterocycles. The lowest BCUT2D eigenvalue weighted by molar-refractivity contribution is -0.140. The van der Waals surface area contributed by atoms with Gasteiger partial charge >= 0.3 is 0 Å². The highest BCUT2D eigenvalue weighted by atomic mass is 35.5. The van der Waals surface area contributed by atoms with E-state index in [1.54, 1.807) is 54.6 Å². The molecule has 0 radical (unpaired) electrons. The van der Waals surface area contributed by atoms with Crippen LogP contribution in [0.1, 0.15) is 57.1 Å². The monoisotopic (exact) mass is 659 g/mol. The highest BCUT2D eigenvalue weighted by Gasteiger charge is 2.35. The molecule has 4 rings (SSSR count). The molecule has 2 amide bonds. The molecular weight excluding hydrogens is 621 g/mol. The first-order valence-corrected chi connectivity index (χ1v) is 17.1. The summed E-state index contributed by atoms with van der Waals surface area (Å²) >= 11 is 13.0. The molecule has 1 N–H and O–H groups in total. The van der Waals surface area contributed by atoms with Crippen molar-refractivity contribution >= 4 is 50.7 Å². The summed E-state index contributed by atoms with van der Waals surface area (Å²) in [6, 6.07) is 17.2. The number of carbonyl (C=O) groups is 2. The molecule has 1 fully saturated rings. The van der Waals surface area contributed by atoms with Gasteiger partial charge in [-0.2, -0.15) is 0 Å². The molecule has 1 aliphatic rings. The van der Waals surface area contributed by atoms with Gasteiger partial charge in [-0.15, -0.1) is 0 Å². The zero-order chi connectivity index (χ0) is 31.9. The zero-order valence-corrected chi connectivity index (χ0v) is 27.6. The van der Waals surface area contributed by atoms with Gasteiger partial charge in [0.2, 0.25) is 11.8 Å². The fraction of sp³-hybridized carbons (Fsp3) is 0.394. The Kier molecular flexibility index (Phi) is 11.6. The van der Waals surface area contributed by atoms with Crippen LogP contribution in [-0.4, -0.2) is 50.4 Å². The van der Waals surface area contributed by atoms with Gasteiger partial charge in [0, 0.05) is 28.2 Å². The number of benzene rings is 3. The Bertz CT molecular complexity index is 1520. The average molecular weight is 661 g/mol. The van der Waals surface area contributed by atoms with Gasteiger partial charge in [-0.3, -0.25) is 13.9 Å². The van der Waals surface area contributed by atoms with Gasteiger partial charge in [0.1, 0.15) is 18.3 Å². The van der Waals surface area contributed by atoms with Gasteiger partial charge in [-0.1, -0.05) is 66.7 Å². The van der Waals surface area contributed by atoms with Crippen molar-refractivity contribution in [3.05, 3.63) is 87.9 Å². The number of hydrogen-bond acceptors (Lipinski definition) is 5. The number of sulfonamides is 1. The summed E-state index contributed by atoms with van der Waals surface area (Å²) in [5.74, 6) is -0.317. The van der Waals surface area contributed by atoms with Crippen LogP contribution < -0.4 is 14.4 Å². The smallest absolute Gasteiger partial charge is 0.264 e. The highest BCUT2D eigenvalue weighted by molar-refractivity contribution is 7.92. The molecule has 0 aliphatic heterocycles. The van der Waals surface area contributed by atoms with Crippen LogP contribution in [0.2, 0.25) is 10.0 Å². The van der Waals surface area contributed by atoms with E-state index in [0.717, 1.165) is 35.6 Å². The number of halogens is 2. The Labute approximate surface area is 270 Å². The summed E-state index contributed by atoms with van der Waals surface area (Å²) < 4.78 is 34.8. The molecule has 8 nitrogen and oxygen atoms in total. The minimum Gasteiger partial charge on any atom is -0.494 e. The van der Waals surface area contributed by atoms with Gasteiger partial charge < -0.3 is 15.0 Å². The van der Waals surface area contributed by atoms with Gasteiger partial charge in [0.15, 0.2) is 0 Å². The van der Waals surface area contributed by atoms with Gasteiger partial charge in [-0.05, 0) is 81.6 Å². The fourth-order valence-corrected chi connectivity index (χ4v) is 7.31. The molecule has 0 aromatic heterocycles. The fourth-order valence-electron chi connectivity index (χ4n) is 5.38. The standard InChI is InChI=1S/C33H39Cl2N3O5S/c1-4-31(33(40)36-24-9-6-7-10-24)37(21-28-29(34)11-8-12-30(28)35)32(39)22-38(25-15-13-23(3)14-16-25)44(41,42)27-19-17-26(18-20-27)43-5-2/h8,11-20,24,31H,4-7,9-10,21-22H2,1-3H3,(H,36,40)/t31-/m1/s1. The largest absolute Gasteiger partial charge is 0.494 e. The predicted octanol–water partition coefficient (Wildman–Crippen LogP) is 6.76. The van der Waals surface area contributed by atoms with Crippen molar-refractivity contribution in [2.24, 2.45) is 0 Å². The van der Waals surface area contributed by atoms with Gasteiger partial charge in [0.05, 0.1) is 17.2 Å². The van der Waals surface area contributed by atoms with Crippen molar-refractivity contribution < 1.29 is 22.7 Å². The summed E-state index contributed by atoms with van der Waals surface area (Å²) in [7, 11) is -4.21. The zero-order valence-electron chi connectivity index (χ0n) is 25.3. The molecule has 3 aromatic carbocycles. The number of nitrogens with zero attached hydrogens (tertiary/aromatic N) is 2. The summed E-state index contributed by atoms with van der Waals surface area (Å²) in [6.07, 6.45) is 4.15. The lowest BCUT2D eigenvalue weighted by atomic mass is 10.1. The minimum absolute atomic E-state index is 0.000967. The first-order chi connectivity index (χ1) is 21.0. The van der Waals surface area contributed by atoms with Gasteiger partial charge in [-0.25, -0.2) is 8.42 Å². The van der Waals surface area contributed by atoms with E-state index in [1.807, 2.05) is 20.8 Å². The van der Waals surface area contributed by atoms with Crippen LogP contribution in [0, 0.1) is 6.92 Å². The van der Waals surface area contributed by atoms with Crippen molar-refractivity contribution in [1.29, 1.82) is 0 Å². The van der Waals surface area contributed by atoms with E-state index < -0.39 is 28.5 Å². The second kappa shape index (κ2) is 15.1. The molecule has 11 heteroatoms. The van der Waals surface area contributed by atoms with E-state index in [0.29, 0.717) is 40.1 Å². The molecule has 0 bridgehead atoms. The Morgan fingerprint density at radius 3 is 2.14 bits per heavy atom. The Morgan fingerprint density at radius 1 is 0.955 bits per heavy atom. The number of ether oxygens (including phenoxy) is 1. The predicted molar refractivity (Wildman–Crippen MR) is 175 cm³/mol. The van der Waals surface area contributed by atoms with Crippen LogP contribution in [0.4, 0.5) is 5.69 Å². The van der Waals surface area contributed by atoms with Gasteiger partial charge in [0.25, 0.3) is 10.0 Å². The number of nitrogens with one attached hydrogen (secondary N) is 1. The summed E-state index contributed by atoms with van der Waals surface area (Å²) in [5.41, 5.74) is 1.73. The number of rotatable bonds is 13. The van der Waals surface area contributed by atoms with E-state index in [1.165, 1.54) is 17.0 Å². The van der Waals surface area contributed by atoms with Crippen LogP contribution in [-0.2, 0) is 26.2 Å². The van der Waals surface area contributed by atoms with E-state index in [-0.39, 0.29) is 23.4 Å². The van der Waals surface area contributed by atoms with Crippen LogP contribution in [0.5, 0.6) is 5.75 Å². The molecule has 3 aromatic rings. The molecular formula is C33H39Cl2N3O5S. The quantitative estimate of drug-likeness (QED) is 0.219. The first kappa shape index (κ1) is 33.6. The SMILES string of the molecule is CCOc1ccc(S(=O)(=O)N(CC(=O)N(Cc2c(Cl)cccc2Cl)[C@H](CC)C(=O)NC2CCCC2)c2ccc(C)cc2)cc1. The van der Waals surface area contributed by atoms with Crippen molar-refractivity contribution in [3.8, 4) is 5.75 Å². The van der Waals surface area contributed by atoms with Crippen LogP contribution in [0.3, 0.4) is 0 Å². The van der Waals surface area contributed by atoms with E-state index in [2.05, 4.69) is 5.32 Å². The third kappa shape index (κ3) is 8.06. The number of carbonyl (C=O) groups excluding carboxylic acids is 2. The molecule has 1 atom stereocenters. The third-order valence-corrected chi connectivity index (χ3v) is 10.3. The third-order valence-electron chi connectivity index (χ3n) is 7.80. The average Bonchev–Trinajstić information content (AvgIpc) is 3.51. The normalized spacial score (nSPS) is 14.2. The van der Waals surface area contributed by atoms with Crippen LogP contribution in [0.15, 0.2) is 71.6 Å². The minimum atomic E-state index is -4.21. The Balaban J connectivity index is 1.73. The molecule has 0 spiro atoms. The molecule has 0 unspecified atom stereocenters. The summed E-state index contributed by atoms with van der Waals surface area (Å²) in [5, 5.41) is 3.79. The summed E-state index contributed by atoms with van der Waals surface area (Å²) in [4.78, 5) is 29.3. The molecule has 0 saturated heterocycles. The Morgan fingerprint density at radius 2 is 1.57 bits per heavy atom. The summed E-state index contributed by atoms with van der Waals surface area (Å²) in [6.45, 7) is 5.38. The lowest BCUT2D eigenvalue weighted by Gasteiger charge is -2.34. The maximum absolute atomic E-state index is 14.3. The van der Waals surface area contributed by atoms with Crippen LogP contribution >= 0.6 is 23.2 Å². The van der Waals surface area contributed by atoms with Crippen LogP contribution in [0.25, 0.3) is 0 Å². The van der Waals surface area contributed by atoms with E-state index in [9.17, 15) is 18.0 Å². The molecule has 1 aliphatic carbocycles. The van der Waals surface area contributed by atoms with Crippen molar-refractivity contribution in [2.75, 3.05) is 17.5 Å². The second-order valence-corrected chi connectivity index (χ2v) is 13.6. The lowest BCUT2D eigenvalue weighted by Crippen LogP contribution is -2.53. The van der Waals surface area contributed by atoms with Crippen molar-refractivity contribution in [2.45, 2.75) is 76.4 Å². The Hall–Kier alpha value is -3.27. The molecule has 1 saturated carbocycles.